The fourth-order valence-electron chi connectivity index (χ4n) is 0.931. The van der Waals surface area contributed by atoms with Gasteiger partial charge < -0.3 is 4.74 Å². The molecule has 0 atom stereocenters. The Bertz CT molecular complexity index is 392. The van der Waals surface area contributed by atoms with Crippen LogP contribution in [0.1, 0.15) is 15.9 Å². The van der Waals surface area contributed by atoms with E-state index in [1.807, 2.05) is 0 Å². The maximum Gasteiger partial charge on any atom is 0.573 e. The quantitative estimate of drug-likeness (QED) is 0.475. The molecule has 3 nitrogen and oxygen atoms in total. The van der Waals surface area contributed by atoms with Gasteiger partial charge >= 0.3 is 6.36 Å². The number of rotatable bonds is 2. The van der Waals surface area contributed by atoms with Crippen molar-refractivity contribution >= 4 is 28.9 Å². The van der Waals surface area contributed by atoms with Gasteiger partial charge in [-0.3, -0.25) is 4.79 Å². The van der Waals surface area contributed by atoms with Gasteiger partial charge in [-0.05, 0) is 35.1 Å². The van der Waals surface area contributed by atoms with Crippen molar-refractivity contribution in [2.75, 3.05) is 0 Å². The highest BCUT2D eigenvalue weighted by molar-refractivity contribution is 14.1. The molecule has 1 heterocycles. The Kier molecular flexibility index (Phi) is 3.53. The van der Waals surface area contributed by atoms with Crippen molar-refractivity contribution in [2.45, 2.75) is 13.3 Å². The Labute approximate surface area is 96.8 Å². The van der Waals surface area contributed by atoms with E-state index in [1.165, 1.54) is 13.1 Å². The predicted octanol–water partition coefficient (Wildman–Crippen LogP) is 2.71. The number of pyridine rings is 1. The van der Waals surface area contributed by atoms with E-state index >= 15 is 0 Å². The first-order chi connectivity index (χ1) is 6.85. The third-order valence-corrected chi connectivity index (χ3v) is 2.33. The van der Waals surface area contributed by atoms with E-state index in [2.05, 4.69) is 9.72 Å². The number of aryl methyl sites for hydroxylation is 1. The average molecular weight is 331 g/mol. The van der Waals surface area contributed by atoms with Crippen LogP contribution in [0.5, 0.6) is 5.75 Å². The van der Waals surface area contributed by atoms with Gasteiger partial charge in [-0.25, -0.2) is 4.98 Å². The molecule has 1 rings (SSSR count). The van der Waals surface area contributed by atoms with Crippen LogP contribution in [-0.4, -0.2) is 17.6 Å². The highest BCUT2D eigenvalue weighted by atomic mass is 127. The molecule has 1 aromatic rings. The SMILES string of the molecule is Cc1cnc(I)c(OC(F)(F)F)c1C=O. The van der Waals surface area contributed by atoms with Crippen LogP contribution in [0, 0.1) is 10.6 Å². The van der Waals surface area contributed by atoms with Gasteiger partial charge in [0.15, 0.2) is 12.0 Å². The van der Waals surface area contributed by atoms with Gasteiger partial charge in [-0.15, -0.1) is 13.2 Å². The summed E-state index contributed by atoms with van der Waals surface area (Å²) in [6.07, 6.45) is -3.19. The third-order valence-electron chi connectivity index (χ3n) is 1.56. The van der Waals surface area contributed by atoms with Crippen LogP contribution in [0.2, 0.25) is 0 Å². The zero-order valence-electron chi connectivity index (χ0n) is 7.43. The molecule has 0 aliphatic rings. The van der Waals surface area contributed by atoms with E-state index in [4.69, 9.17) is 0 Å². The normalized spacial score (nSPS) is 11.3. The maximum absolute atomic E-state index is 12.0. The van der Waals surface area contributed by atoms with E-state index in [1.54, 1.807) is 22.6 Å². The van der Waals surface area contributed by atoms with E-state index < -0.39 is 12.1 Å². The molecule has 0 aliphatic carbocycles. The largest absolute Gasteiger partial charge is 0.573 e. The van der Waals surface area contributed by atoms with Crippen LogP contribution in [0.15, 0.2) is 6.20 Å². The molecule has 0 saturated carbocycles. The van der Waals surface area contributed by atoms with Gasteiger partial charge in [0, 0.05) is 6.20 Å². The smallest absolute Gasteiger partial charge is 0.402 e. The summed E-state index contributed by atoms with van der Waals surface area (Å²) in [6.45, 7) is 1.48. The number of aromatic nitrogens is 1. The molecule has 0 fully saturated rings. The average Bonchev–Trinajstić information content (AvgIpc) is 2.10. The zero-order chi connectivity index (χ0) is 11.6. The first-order valence-corrected chi connectivity index (χ1v) is 4.79. The third kappa shape index (κ3) is 3.05. The number of carbonyl (C=O) groups is 1. The highest BCUT2D eigenvalue weighted by Crippen LogP contribution is 2.30. The second-order valence-corrected chi connectivity index (χ2v) is 3.66. The lowest BCUT2D eigenvalue weighted by Gasteiger charge is -2.12. The summed E-state index contributed by atoms with van der Waals surface area (Å²) in [5.74, 6) is -0.543. The van der Waals surface area contributed by atoms with Crippen molar-refractivity contribution in [3.05, 3.63) is 21.0 Å². The van der Waals surface area contributed by atoms with E-state index in [-0.39, 0.29) is 9.26 Å². The Balaban J connectivity index is 3.25. The Morgan fingerprint density at radius 1 is 1.53 bits per heavy atom. The molecule has 0 bridgehead atoms. The number of nitrogens with zero attached hydrogens (tertiary/aromatic N) is 1. The standard InChI is InChI=1S/C8H5F3INO2/c1-4-2-13-7(12)6(5(4)3-14)15-8(9,10)11/h2-3H,1H3. The first kappa shape index (κ1) is 12.2. The van der Waals surface area contributed by atoms with Gasteiger partial charge in [0.25, 0.3) is 0 Å². The van der Waals surface area contributed by atoms with Crippen molar-refractivity contribution < 1.29 is 22.7 Å². The van der Waals surface area contributed by atoms with Gasteiger partial charge in [-0.2, -0.15) is 0 Å². The number of alkyl halides is 3. The fraction of sp³-hybridized carbons (Fsp3) is 0.250. The summed E-state index contributed by atoms with van der Waals surface area (Å²) in [5.41, 5.74) is 0.205. The molecule has 0 radical (unpaired) electrons. The lowest BCUT2D eigenvalue weighted by atomic mass is 10.2. The van der Waals surface area contributed by atoms with Crippen LogP contribution in [0.3, 0.4) is 0 Å². The summed E-state index contributed by atoms with van der Waals surface area (Å²) in [4.78, 5) is 14.3. The minimum atomic E-state index is -4.83. The fourth-order valence-corrected chi connectivity index (χ4v) is 1.47. The molecule has 0 N–H and O–H groups in total. The minimum absolute atomic E-state index is 0.00220. The van der Waals surface area contributed by atoms with Gasteiger partial charge in [-0.1, -0.05) is 0 Å². The summed E-state index contributed by atoms with van der Waals surface area (Å²) in [5, 5.41) is 0. The number of hydrogen-bond acceptors (Lipinski definition) is 3. The van der Waals surface area contributed by atoms with E-state index in [9.17, 15) is 18.0 Å². The second-order valence-electron chi connectivity index (χ2n) is 2.64. The number of carbonyl (C=O) groups excluding carboxylic acids is 1. The van der Waals surface area contributed by atoms with Gasteiger partial charge in [0.1, 0.15) is 3.70 Å². The molecule has 15 heavy (non-hydrogen) atoms. The summed E-state index contributed by atoms with van der Waals surface area (Å²) >= 11 is 1.57. The number of halogens is 4. The molecule has 0 saturated heterocycles. The number of ether oxygens (including phenoxy) is 1. The van der Waals surface area contributed by atoms with Crippen molar-refractivity contribution in [3.63, 3.8) is 0 Å². The van der Waals surface area contributed by atoms with Crippen LogP contribution < -0.4 is 4.74 Å². The van der Waals surface area contributed by atoms with Crippen molar-refractivity contribution in [1.82, 2.24) is 4.98 Å². The van der Waals surface area contributed by atoms with Gasteiger partial charge in [0.05, 0.1) is 5.56 Å². The zero-order valence-corrected chi connectivity index (χ0v) is 9.59. The van der Waals surface area contributed by atoms with Crippen molar-refractivity contribution in [3.8, 4) is 5.75 Å². The lowest BCUT2D eigenvalue weighted by Crippen LogP contribution is -2.19. The molecular formula is C8H5F3INO2. The maximum atomic E-state index is 12.0. The Morgan fingerprint density at radius 2 is 2.13 bits per heavy atom. The topological polar surface area (TPSA) is 39.2 Å². The van der Waals surface area contributed by atoms with E-state index in [0.717, 1.165) is 0 Å². The highest BCUT2D eigenvalue weighted by Gasteiger charge is 2.33. The molecule has 0 unspecified atom stereocenters. The Hall–Kier alpha value is -0.860. The lowest BCUT2D eigenvalue weighted by molar-refractivity contribution is -0.275. The van der Waals surface area contributed by atoms with Crippen molar-refractivity contribution in [1.29, 1.82) is 0 Å². The van der Waals surface area contributed by atoms with Crippen molar-refractivity contribution in [2.24, 2.45) is 0 Å². The molecule has 0 amide bonds. The summed E-state index contributed by atoms with van der Waals surface area (Å²) in [6, 6.07) is 0. The first-order valence-electron chi connectivity index (χ1n) is 3.71. The van der Waals surface area contributed by atoms with Crippen LogP contribution >= 0.6 is 22.6 Å². The molecule has 1 aromatic heterocycles. The summed E-state index contributed by atoms with van der Waals surface area (Å²) < 4.78 is 39.7. The monoisotopic (exact) mass is 331 g/mol. The molecule has 0 aliphatic heterocycles. The molecule has 0 spiro atoms. The number of aldehydes is 1. The van der Waals surface area contributed by atoms with Crippen LogP contribution in [0.25, 0.3) is 0 Å². The van der Waals surface area contributed by atoms with Crippen LogP contribution in [-0.2, 0) is 0 Å². The van der Waals surface area contributed by atoms with E-state index in [0.29, 0.717) is 11.8 Å². The Morgan fingerprint density at radius 3 is 2.60 bits per heavy atom. The predicted molar refractivity (Wildman–Crippen MR) is 53.8 cm³/mol. The molecule has 82 valence electrons. The minimum Gasteiger partial charge on any atom is -0.402 e. The van der Waals surface area contributed by atoms with Crippen LogP contribution in [0.4, 0.5) is 13.2 Å². The molecule has 0 aromatic carbocycles. The summed E-state index contributed by atoms with van der Waals surface area (Å²) in [7, 11) is 0. The molecule has 7 heteroatoms. The van der Waals surface area contributed by atoms with Gasteiger partial charge in [0.2, 0.25) is 0 Å². The second kappa shape index (κ2) is 4.33. The number of hydrogen-bond donors (Lipinski definition) is 0. The molecular weight excluding hydrogens is 326 g/mol.